The third-order valence-corrected chi connectivity index (χ3v) is 3.43. The van der Waals surface area contributed by atoms with Crippen molar-refractivity contribution in [2.45, 2.75) is 31.6 Å². The number of phenolic OH excluding ortho intramolecular Hbond substituents is 1. The van der Waals surface area contributed by atoms with Gasteiger partial charge in [-0.2, -0.15) is 0 Å². The van der Waals surface area contributed by atoms with Gasteiger partial charge in [-0.1, -0.05) is 25.5 Å². The minimum Gasteiger partial charge on any atom is -0.508 e. The van der Waals surface area contributed by atoms with E-state index in [1.165, 1.54) is 24.8 Å². The number of aromatic hydroxyl groups is 1. The average Bonchev–Trinajstić information content (AvgIpc) is 2.68. The molecule has 82 valence electrons. The predicted molar refractivity (Wildman–Crippen MR) is 62.2 cm³/mol. The van der Waals surface area contributed by atoms with Crippen LogP contribution < -0.4 is 5.32 Å². The summed E-state index contributed by atoms with van der Waals surface area (Å²) in [5.41, 5.74) is 1.54. The smallest absolute Gasteiger partial charge is 0.115 e. The highest BCUT2D eigenvalue weighted by atomic mass is 16.3. The minimum absolute atomic E-state index is 0.257. The first kappa shape index (κ1) is 10.5. The van der Waals surface area contributed by atoms with Crippen molar-refractivity contribution >= 4 is 0 Å². The molecule has 0 saturated carbocycles. The Hall–Kier alpha value is -1.02. The van der Waals surface area contributed by atoms with Gasteiger partial charge in [0.15, 0.2) is 0 Å². The van der Waals surface area contributed by atoms with Crippen LogP contribution in [0.2, 0.25) is 0 Å². The SMILES string of the molecule is CCC[C@]1(c2cccc(O)c2)CCNC1. The van der Waals surface area contributed by atoms with Crippen molar-refractivity contribution in [3.05, 3.63) is 29.8 Å². The van der Waals surface area contributed by atoms with Crippen molar-refractivity contribution in [2.75, 3.05) is 13.1 Å². The first-order chi connectivity index (χ1) is 7.27. The summed E-state index contributed by atoms with van der Waals surface area (Å²) < 4.78 is 0. The van der Waals surface area contributed by atoms with Gasteiger partial charge in [0.2, 0.25) is 0 Å². The summed E-state index contributed by atoms with van der Waals surface area (Å²) in [4.78, 5) is 0. The van der Waals surface area contributed by atoms with Crippen molar-refractivity contribution in [1.82, 2.24) is 5.32 Å². The number of hydrogen-bond donors (Lipinski definition) is 2. The van der Waals surface area contributed by atoms with E-state index in [9.17, 15) is 5.11 Å². The van der Waals surface area contributed by atoms with E-state index in [-0.39, 0.29) is 5.41 Å². The normalized spacial score (nSPS) is 25.7. The lowest BCUT2D eigenvalue weighted by atomic mass is 9.76. The third kappa shape index (κ3) is 2.00. The molecule has 1 saturated heterocycles. The van der Waals surface area contributed by atoms with Gasteiger partial charge in [0.1, 0.15) is 5.75 Å². The first-order valence-electron chi connectivity index (χ1n) is 5.77. The Kier molecular flexibility index (Phi) is 2.96. The van der Waals surface area contributed by atoms with Gasteiger partial charge >= 0.3 is 0 Å². The summed E-state index contributed by atoms with van der Waals surface area (Å²) in [6.07, 6.45) is 3.57. The molecule has 0 aromatic heterocycles. The molecule has 1 aromatic rings. The molecule has 0 spiro atoms. The Morgan fingerprint density at radius 1 is 1.47 bits per heavy atom. The largest absolute Gasteiger partial charge is 0.508 e. The van der Waals surface area contributed by atoms with E-state index >= 15 is 0 Å². The lowest BCUT2D eigenvalue weighted by Crippen LogP contribution is -2.28. The van der Waals surface area contributed by atoms with Crippen molar-refractivity contribution in [1.29, 1.82) is 0 Å². The minimum atomic E-state index is 0.257. The maximum absolute atomic E-state index is 9.54. The highest BCUT2D eigenvalue weighted by molar-refractivity contribution is 5.34. The van der Waals surface area contributed by atoms with Gasteiger partial charge in [0, 0.05) is 12.0 Å². The van der Waals surface area contributed by atoms with Gasteiger partial charge in [-0.3, -0.25) is 0 Å². The molecule has 2 heteroatoms. The Labute approximate surface area is 91.3 Å². The van der Waals surface area contributed by atoms with Crippen LogP contribution in [0.1, 0.15) is 31.7 Å². The van der Waals surface area contributed by atoms with E-state index < -0.39 is 0 Å². The molecule has 0 aliphatic carbocycles. The highest BCUT2D eigenvalue weighted by Crippen LogP contribution is 2.36. The van der Waals surface area contributed by atoms with E-state index in [0.717, 1.165) is 13.1 Å². The van der Waals surface area contributed by atoms with Crippen molar-refractivity contribution < 1.29 is 5.11 Å². The van der Waals surface area contributed by atoms with Crippen molar-refractivity contribution in [3.63, 3.8) is 0 Å². The quantitative estimate of drug-likeness (QED) is 0.794. The summed E-state index contributed by atoms with van der Waals surface area (Å²) in [7, 11) is 0. The molecule has 0 unspecified atom stereocenters. The Morgan fingerprint density at radius 2 is 2.33 bits per heavy atom. The van der Waals surface area contributed by atoms with Gasteiger partial charge < -0.3 is 10.4 Å². The summed E-state index contributed by atoms with van der Waals surface area (Å²) >= 11 is 0. The van der Waals surface area contributed by atoms with Gasteiger partial charge in [-0.05, 0) is 37.1 Å². The van der Waals surface area contributed by atoms with Gasteiger partial charge in [0.25, 0.3) is 0 Å². The Bertz CT molecular complexity index is 329. The molecule has 1 aliphatic heterocycles. The Balaban J connectivity index is 2.31. The molecule has 1 aliphatic rings. The number of nitrogens with one attached hydrogen (secondary N) is 1. The molecule has 1 aromatic carbocycles. The van der Waals surface area contributed by atoms with Crippen LogP contribution in [0.25, 0.3) is 0 Å². The predicted octanol–water partition coefficient (Wildman–Crippen LogP) is 2.42. The van der Waals surface area contributed by atoms with Crippen LogP contribution in [0.3, 0.4) is 0 Å². The molecule has 1 atom stereocenters. The van der Waals surface area contributed by atoms with Crippen LogP contribution in [0.15, 0.2) is 24.3 Å². The van der Waals surface area contributed by atoms with Crippen LogP contribution in [0.5, 0.6) is 5.75 Å². The maximum atomic E-state index is 9.54. The number of rotatable bonds is 3. The van der Waals surface area contributed by atoms with Crippen LogP contribution >= 0.6 is 0 Å². The second-order valence-corrected chi connectivity index (χ2v) is 4.51. The second kappa shape index (κ2) is 4.23. The number of phenols is 1. The van der Waals surface area contributed by atoms with E-state index in [4.69, 9.17) is 0 Å². The molecule has 0 bridgehead atoms. The molecule has 1 heterocycles. The molecule has 2 N–H and O–H groups in total. The van der Waals surface area contributed by atoms with E-state index in [1.54, 1.807) is 6.07 Å². The molecule has 15 heavy (non-hydrogen) atoms. The molecule has 0 radical (unpaired) electrons. The zero-order chi connectivity index (χ0) is 10.7. The zero-order valence-electron chi connectivity index (χ0n) is 9.29. The molecular weight excluding hydrogens is 186 g/mol. The molecule has 2 nitrogen and oxygen atoms in total. The molecule has 1 fully saturated rings. The summed E-state index contributed by atoms with van der Waals surface area (Å²) in [5, 5.41) is 13.0. The second-order valence-electron chi connectivity index (χ2n) is 4.51. The van der Waals surface area contributed by atoms with Crippen LogP contribution in [0, 0.1) is 0 Å². The average molecular weight is 205 g/mol. The summed E-state index contributed by atoms with van der Waals surface area (Å²) in [6.45, 7) is 4.36. The lowest BCUT2D eigenvalue weighted by Gasteiger charge is -2.28. The van der Waals surface area contributed by atoms with E-state index in [2.05, 4.69) is 18.3 Å². The van der Waals surface area contributed by atoms with Crippen molar-refractivity contribution in [3.8, 4) is 5.75 Å². The zero-order valence-corrected chi connectivity index (χ0v) is 9.29. The molecule has 0 amide bonds. The lowest BCUT2D eigenvalue weighted by molar-refractivity contribution is 0.421. The van der Waals surface area contributed by atoms with E-state index in [0.29, 0.717) is 5.75 Å². The highest BCUT2D eigenvalue weighted by Gasteiger charge is 2.34. The van der Waals surface area contributed by atoms with Crippen LogP contribution in [-0.2, 0) is 5.41 Å². The monoisotopic (exact) mass is 205 g/mol. The molecular formula is C13H19NO. The fourth-order valence-corrected chi connectivity index (χ4v) is 2.66. The number of benzene rings is 1. The first-order valence-corrected chi connectivity index (χ1v) is 5.77. The Morgan fingerprint density at radius 3 is 2.93 bits per heavy atom. The van der Waals surface area contributed by atoms with Crippen LogP contribution in [-0.4, -0.2) is 18.2 Å². The number of hydrogen-bond acceptors (Lipinski definition) is 2. The van der Waals surface area contributed by atoms with Crippen molar-refractivity contribution in [2.24, 2.45) is 0 Å². The van der Waals surface area contributed by atoms with Gasteiger partial charge in [-0.15, -0.1) is 0 Å². The van der Waals surface area contributed by atoms with E-state index in [1.807, 2.05) is 12.1 Å². The standard InChI is InChI=1S/C13H19NO/c1-2-6-13(7-8-14-10-13)11-4-3-5-12(15)9-11/h3-5,9,14-15H,2,6-8,10H2,1H3/t13-/m0/s1. The van der Waals surface area contributed by atoms with Gasteiger partial charge in [0.05, 0.1) is 0 Å². The van der Waals surface area contributed by atoms with Crippen LogP contribution in [0.4, 0.5) is 0 Å². The maximum Gasteiger partial charge on any atom is 0.115 e. The molecule has 2 rings (SSSR count). The third-order valence-electron chi connectivity index (χ3n) is 3.43. The van der Waals surface area contributed by atoms with Gasteiger partial charge in [-0.25, -0.2) is 0 Å². The fraction of sp³-hybridized carbons (Fsp3) is 0.538. The summed E-state index contributed by atoms with van der Waals surface area (Å²) in [6, 6.07) is 7.75. The summed E-state index contributed by atoms with van der Waals surface area (Å²) in [5.74, 6) is 0.384. The topological polar surface area (TPSA) is 32.3 Å². The fourth-order valence-electron chi connectivity index (χ4n) is 2.66.